The fraction of sp³-hybridized carbons (Fsp3) is 0.222. The van der Waals surface area contributed by atoms with Gasteiger partial charge in [0, 0.05) is 20.8 Å². The normalized spacial score (nSPS) is 14.9. The highest BCUT2D eigenvalue weighted by Gasteiger charge is 2.12. The lowest BCUT2D eigenvalue weighted by atomic mass is 9.99. The van der Waals surface area contributed by atoms with Gasteiger partial charge in [-0.05, 0) is 65.2 Å². The van der Waals surface area contributed by atoms with E-state index in [9.17, 15) is 0 Å². The molecule has 3 rings (SSSR count). The standard InChI is InChI=1S/C18H18BrNS/c1-13-6-7-17(21-18-5-3-2-4-16(18)19)15(12-13)14-8-10-20-11-9-14/h2-8,12,20H,9-11H2,1H3. The smallest absolute Gasteiger partial charge is 0.0314 e. The summed E-state index contributed by atoms with van der Waals surface area (Å²) in [5, 5.41) is 3.39. The Morgan fingerprint density at radius 1 is 1.10 bits per heavy atom. The summed E-state index contributed by atoms with van der Waals surface area (Å²) in [6.07, 6.45) is 3.43. The number of hydrogen-bond donors (Lipinski definition) is 1. The Morgan fingerprint density at radius 3 is 2.71 bits per heavy atom. The van der Waals surface area contributed by atoms with Gasteiger partial charge < -0.3 is 5.32 Å². The quantitative estimate of drug-likeness (QED) is 0.799. The maximum Gasteiger partial charge on any atom is 0.0314 e. The van der Waals surface area contributed by atoms with Gasteiger partial charge in [0.2, 0.25) is 0 Å². The molecule has 2 aromatic rings. The Labute approximate surface area is 139 Å². The molecule has 2 aromatic carbocycles. The van der Waals surface area contributed by atoms with Gasteiger partial charge in [0.05, 0.1) is 0 Å². The van der Waals surface area contributed by atoms with Crippen molar-refractivity contribution < 1.29 is 0 Å². The van der Waals surface area contributed by atoms with E-state index in [-0.39, 0.29) is 0 Å². The van der Waals surface area contributed by atoms with Crippen LogP contribution in [0.5, 0.6) is 0 Å². The van der Waals surface area contributed by atoms with Gasteiger partial charge in [0.1, 0.15) is 0 Å². The van der Waals surface area contributed by atoms with Gasteiger partial charge in [-0.25, -0.2) is 0 Å². The Balaban J connectivity index is 1.98. The first kappa shape index (κ1) is 14.9. The summed E-state index contributed by atoms with van der Waals surface area (Å²) in [4.78, 5) is 2.60. The van der Waals surface area contributed by atoms with E-state index in [1.54, 1.807) is 0 Å². The van der Waals surface area contributed by atoms with Crippen molar-refractivity contribution in [1.29, 1.82) is 0 Å². The van der Waals surface area contributed by atoms with Crippen molar-refractivity contribution in [3.8, 4) is 0 Å². The first-order valence-corrected chi connectivity index (χ1v) is 8.78. The van der Waals surface area contributed by atoms with Crippen LogP contribution in [0.15, 0.2) is 62.8 Å². The summed E-state index contributed by atoms with van der Waals surface area (Å²) in [7, 11) is 0. The molecular weight excluding hydrogens is 342 g/mol. The molecule has 1 aliphatic rings. The van der Waals surface area contributed by atoms with Gasteiger partial charge in [-0.15, -0.1) is 0 Å². The fourth-order valence-electron chi connectivity index (χ4n) is 2.50. The summed E-state index contributed by atoms with van der Waals surface area (Å²) >= 11 is 5.48. The second-order valence-electron chi connectivity index (χ2n) is 5.22. The van der Waals surface area contributed by atoms with Crippen LogP contribution in [0.3, 0.4) is 0 Å². The topological polar surface area (TPSA) is 12.0 Å². The van der Waals surface area contributed by atoms with E-state index in [0.717, 1.165) is 24.0 Å². The summed E-state index contributed by atoms with van der Waals surface area (Å²) in [6.45, 7) is 4.21. The van der Waals surface area contributed by atoms with E-state index in [1.165, 1.54) is 26.5 Å². The predicted octanol–water partition coefficient (Wildman–Crippen LogP) is 5.29. The number of halogens is 1. The largest absolute Gasteiger partial charge is 0.313 e. The second-order valence-corrected chi connectivity index (χ2v) is 7.15. The minimum absolute atomic E-state index is 0.975. The highest BCUT2D eigenvalue weighted by molar-refractivity contribution is 9.10. The number of rotatable bonds is 3. The molecule has 0 radical (unpaired) electrons. The van der Waals surface area contributed by atoms with Crippen LogP contribution < -0.4 is 5.32 Å². The van der Waals surface area contributed by atoms with E-state index < -0.39 is 0 Å². The van der Waals surface area contributed by atoms with Gasteiger partial charge in [0.25, 0.3) is 0 Å². The molecule has 0 atom stereocenters. The third-order valence-electron chi connectivity index (χ3n) is 3.60. The van der Waals surface area contributed by atoms with Crippen LogP contribution in [0.25, 0.3) is 5.57 Å². The molecule has 1 nitrogen and oxygen atoms in total. The van der Waals surface area contributed by atoms with Crippen molar-refractivity contribution in [2.24, 2.45) is 0 Å². The molecule has 0 spiro atoms. The van der Waals surface area contributed by atoms with Crippen molar-refractivity contribution in [2.45, 2.75) is 23.1 Å². The Morgan fingerprint density at radius 2 is 1.95 bits per heavy atom. The number of nitrogens with one attached hydrogen (secondary N) is 1. The summed E-state index contributed by atoms with van der Waals surface area (Å²) in [6, 6.07) is 15.2. The molecule has 0 saturated carbocycles. The van der Waals surface area contributed by atoms with Gasteiger partial charge >= 0.3 is 0 Å². The average molecular weight is 360 g/mol. The molecule has 0 unspecified atom stereocenters. The van der Waals surface area contributed by atoms with E-state index in [0.29, 0.717) is 0 Å². The van der Waals surface area contributed by atoms with Crippen molar-refractivity contribution in [2.75, 3.05) is 13.1 Å². The third kappa shape index (κ3) is 3.60. The van der Waals surface area contributed by atoms with Crippen LogP contribution in [0.4, 0.5) is 0 Å². The highest BCUT2D eigenvalue weighted by Crippen LogP contribution is 2.38. The van der Waals surface area contributed by atoms with Crippen LogP contribution in [0, 0.1) is 6.92 Å². The predicted molar refractivity (Wildman–Crippen MR) is 94.9 cm³/mol. The average Bonchev–Trinajstić information content (AvgIpc) is 2.52. The molecule has 0 amide bonds. The van der Waals surface area contributed by atoms with Crippen molar-refractivity contribution in [1.82, 2.24) is 5.32 Å². The number of benzene rings is 2. The van der Waals surface area contributed by atoms with Crippen molar-refractivity contribution in [3.63, 3.8) is 0 Å². The lowest BCUT2D eigenvalue weighted by molar-refractivity contribution is 0.737. The van der Waals surface area contributed by atoms with Crippen molar-refractivity contribution >= 4 is 33.3 Å². The Hall–Kier alpha value is -1.03. The number of hydrogen-bond acceptors (Lipinski definition) is 2. The molecule has 21 heavy (non-hydrogen) atoms. The molecule has 0 saturated heterocycles. The van der Waals surface area contributed by atoms with Crippen LogP contribution in [-0.2, 0) is 0 Å². The van der Waals surface area contributed by atoms with E-state index in [1.807, 2.05) is 11.8 Å². The molecular formula is C18H18BrNS. The molecule has 0 aromatic heterocycles. The molecule has 3 heteroatoms. The summed E-state index contributed by atoms with van der Waals surface area (Å²) in [5.41, 5.74) is 4.17. The van der Waals surface area contributed by atoms with Crippen molar-refractivity contribution in [3.05, 3.63) is 64.1 Å². The molecule has 0 aliphatic carbocycles. The van der Waals surface area contributed by atoms with Crippen LogP contribution >= 0.6 is 27.7 Å². The van der Waals surface area contributed by atoms with Gasteiger partial charge in [-0.3, -0.25) is 0 Å². The molecule has 1 aliphatic heterocycles. The summed E-state index contributed by atoms with van der Waals surface area (Å²) in [5.74, 6) is 0. The van der Waals surface area contributed by atoms with Gasteiger partial charge in [-0.2, -0.15) is 0 Å². The van der Waals surface area contributed by atoms with E-state index >= 15 is 0 Å². The van der Waals surface area contributed by atoms with Crippen LogP contribution in [0.2, 0.25) is 0 Å². The fourth-order valence-corrected chi connectivity index (χ4v) is 4.01. The monoisotopic (exact) mass is 359 g/mol. The van der Waals surface area contributed by atoms with Gasteiger partial charge in [-0.1, -0.05) is 47.7 Å². The number of aryl methyl sites for hydroxylation is 1. The van der Waals surface area contributed by atoms with Gasteiger partial charge in [0.15, 0.2) is 0 Å². The zero-order valence-corrected chi connectivity index (χ0v) is 14.4. The molecule has 0 bridgehead atoms. The van der Waals surface area contributed by atoms with Crippen LogP contribution in [0.1, 0.15) is 17.5 Å². The maximum absolute atomic E-state index is 3.64. The molecule has 108 valence electrons. The third-order valence-corrected chi connectivity index (χ3v) is 5.71. The lowest BCUT2D eigenvalue weighted by Crippen LogP contribution is -2.20. The Bertz CT molecular complexity index is 679. The zero-order valence-electron chi connectivity index (χ0n) is 12.0. The van der Waals surface area contributed by atoms with E-state index in [2.05, 4.69) is 76.7 Å². The molecule has 0 fully saturated rings. The zero-order chi connectivity index (χ0) is 14.7. The Kier molecular flexibility index (Phi) is 4.84. The SMILES string of the molecule is Cc1ccc(Sc2ccccc2Br)c(C2=CCNCC2)c1. The van der Waals surface area contributed by atoms with Crippen LogP contribution in [-0.4, -0.2) is 13.1 Å². The maximum atomic E-state index is 3.64. The molecule has 1 N–H and O–H groups in total. The first-order valence-electron chi connectivity index (χ1n) is 7.17. The minimum atomic E-state index is 0.975. The van der Waals surface area contributed by atoms with E-state index in [4.69, 9.17) is 0 Å². The molecule has 1 heterocycles. The summed E-state index contributed by atoms with van der Waals surface area (Å²) < 4.78 is 1.15. The highest BCUT2D eigenvalue weighted by atomic mass is 79.9. The first-order chi connectivity index (χ1) is 10.2. The lowest BCUT2D eigenvalue weighted by Gasteiger charge is -2.18. The minimum Gasteiger partial charge on any atom is -0.313 e. The second kappa shape index (κ2) is 6.82.